The number of nitrogens with zero attached hydrogens (tertiary/aromatic N) is 1. The maximum absolute atomic E-state index is 13.2. The first-order chi connectivity index (χ1) is 14.5. The second-order valence-corrected chi connectivity index (χ2v) is 7.22. The summed E-state index contributed by atoms with van der Waals surface area (Å²) >= 11 is 5.45. The summed E-state index contributed by atoms with van der Waals surface area (Å²) in [4.78, 5) is 38.8. The van der Waals surface area contributed by atoms with Crippen LogP contribution in [0.2, 0.25) is 0 Å². The number of nitrogens with one attached hydrogen (secondary N) is 2. The quantitative estimate of drug-likeness (QED) is 0.559. The Morgan fingerprint density at radius 3 is 2.23 bits per heavy atom. The van der Waals surface area contributed by atoms with Crippen LogP contribution in [-0.4, -0.2) is 54.0 Å². The van der Waals surface area contributed by atoms with E-state index in [1.54, 1.807) is 4.90 Å². The Labute approximate surface area is 180 Å². The average molecular weight is 426 g/mol. The molecule has 0 aromatic heterocycles. The third kappa shape index (κ3) is 5.01. The summed E-state index contributed by atoms with van der Waals surface area (Å²) in [6, 6.07) is 18.0. The first-order valence-electron chi connectivity index (χ1n) is 9.57. The van der Waals surface area contributed by atoms with Crippen molar-refractivity contribution in [3.05, 3.63) is 71.8 Å². The fraction of sp³-hybridized carbons (Fsp3) is 0.273. The van der Waals surface area contributed by atoms with E-state index >= 15 is 0 Å². The number of thiocarbonyl (C=S) groups is 1. The maximum Gasteiger partial charge on any atom is 0.308 e. The molecule has 0 unspecified atom stereocenters. The van der Waals surface area contributed by atoms with Crippen LogP contribution in [0, 0.1) is 0 Å². The number of rotatable bonds is 5. The highest BCUT2D eigenvalue weighted by Crippen LogP contribution is 2.25. The molecular weight excluding hydrogens is 402 g/mol. The predicted molar refractivity (Wildman–Crippen MR) is 116 cm³/mol. The van der Waals surface area contributed by atoms with Gasteiger partial charge in [-0.05, 0) is 23.3 Å². The van der Waals surface area contributed by atoms with Crippen LogP contribution in [0.5, 0.6) is 0 Å². The Morgan fingerprint density at radius 2 is 1.70 bits per heavy atom. The van der Waals surface area contributed by atoms with Crippen molar-refractivity contribution in [1.29, 1.82) is 0 Å². The van der Waals surface area contributed by atoms with Gasteiger partial charge in [0.2, 0.25) is 11.8 Å². The number of ether oxygens (including phenoxy) is 1. The van der Waals surface area contributed by atoms with Gasteiger partial charge in [0.05, 0.1) is 19.4 Å². The molecule has 8 heteroatoms. The van der Waals surface area contributed by atoms with E-state index in [2.05, 4.69) is 15.4 Å². The van der Waals surface area contributed by atoms with E-state index in [9.17, 15) is 14.4 Å². The van der Waals surface area contributed by atoms with E-state index in [0.717, 1.165) is 11.1 Å². The number of benzene rings is 2. The van der Waals surface area contributed by atoms with Crippen LogP contribution >= 0.6 is 12.2 Å². The zero-order valence-electron chi connectivity index (χ0n) is 16.5. The zero-order chi connectivity index (χ0) is 21.5. The number of esters is 1. The zero-order valence-corrected chi connectivity index (χ0v) is 17.4. The molecule has 3 rings (SSSR count). The molecule has 1 aliphatic heterocycles. The van der Waals surface area contributed by atoms with Crippen LogP contribution in [0.1, 0.15) is 23.5 Å². The van der Waals surface area contributed by atoms with Crippen molar-refractivity contribution in [3.8, 4) is 0 Å². The Kier molecular flexibility index (Phi) is 7.13. The number of carbonyl (C=O) groups is 3. The van der Waals surface area contributed by atoms with Gasteiger partial charge in [0, 0.05) is 13.1 Å². The van der Waals surface area contributed by atoms with Crippen molar-refractivity contribution >= 4 is 35.1 Å². The van der Waals surface area contributed by atoms with Crippen molar-refractivity contribution < 1.29 is 19.1 Å². The summed E-state index contributed by atoms with van der Waals surface area (Å²) in [5.41, 5.74) is 1.65. The SMILES string of the molecule is COC(=O)C[C@H]1C(=O)NCCN1C(=S)NC(=O)C(c1ccccc1)c1ccccc1. The standard InChI is InChI=1S/C22H23N3O4S/c1-29-18(26)14-17-20(27)23-12-13-25(17)22(30)24-21(28)19(15-8-4-2-5-9-15)16-10-6-3-7-11-16/h2-11,17,19H,12-14H2,1H3,(H,23,27)(H,24,28,30)/t17-/m0/s1. The highest BCUT2D eigenvalue weighted by atomic mass is 32.1. The Bertz CT molecular complexity index is 881. The van der Waals surface area contributed by atoms with Crippen LogP contribution in [0.4, 0.5) is 0 Å². The van der Waals surface area contributed by atoms with Gasteiger partial charge >= 0.3 is 5.97 Å². The lowest BCUT2D eigenvalue weighted by Gasteiger charge is -2.36. The predicted octanol–water partition coefficient (Wildman–Crippen LogP) is 1.58. The first-order valence-corrected chi connectivity index (χ1v) is 9.98. The molecule has 1 heterocycles. The Morgan fingerprint density at radius 1 is 1.13 bits per heavy atom. The van der Waals surface area contributed by atoms with E-state index in [1.165, 1.54) is 7.11 Å². The molecule has 7 nitrogen and oxygen atoms in total. The number of hydrogen-bond acceptors (Lipinski definition) is 5. The summed E-state index contributed by atoms with van der Waals surface area (Å²) < 4.78 is 4.69. The fourth-order valence-electron chi connectivity index (χ4n) is 3.44. The highest BCUT2D eigenvalue weighted by molar-refractivity contribution is 7.80. The van der Waals surface area contributed by atoms with Gasteiger partial charge in [0.15, 0.2) is 5.11 Å². The molecule has 0 aliphatic carbocycles. The van der Waals surface area contributed by atoms with E-state index in [-0.39, 0.29) is 23.3 Å². The summed E-state index contributed by atoms with van der Waals surface area (Å²) in [6.07, 6.45) is -0.154. The van der Waals surface area contributed by atoms with Gasteiger partial charge in [-0.25, -0.2) is 0 Å². The van der Waals surface area contributed by atoms with Gasteiger partial charge in [-0.15, -0.1) is 0 Å². The van der Waals surface area contributed by atoms with Gasteiger partial charge in [0.25, 0.3) is 0 Å². The van der Waals surface area contributed by atoms with Crippen molar-refractivity contribution in [3.63, 3.8) is 0 Å². The smallest absolute Gasteiger partial charge is 0.308 e. The van der Waals surface area contributed by atoms with Crippen LogP contribution in [0.3, 0.4) is 0 Å². The molecule has 1 saturated heterocycles. The lowest BCUT2D eigenvalue weighted by molar-refractivity contribution is -0.144. The lowest BCUT2D eigenvalue weighted by Crippen LogP contribution is -2.60. The number of piperazine rings is 1. The summed E-state index contributed by atoms with van der Waals surface area (Å²) in [5, 5.41) is 5.60. The van der Waals surface area contributed by atoms with Crippen molar-refractivity contribution in [2.45, 2.75) is 18.4 Å². The third-order valence-corrected chi connectivity index (χ3v) is 5.27. The number of amides is 2. The fourth-order valence-corrected chi connectivity index (χ4v) is 3.76. The van der Waals surface area contributed by atoms with Crippen LogP contribution in [-0.2, 0) is 19.1 Å². The summed E-state index contributed by atoms with van der Waals surface area (Å²) in [5.74, 6) is -1.73. The normalized spacial score (nSPS) is 16.0. The Balaban J connectivity index is 1.81. The second-order valence-electron chi connectivity index (χ2n) is 6.83. The number of hydrogen-bond donors (Lipinski definition) is 2. The maximum atomic E-state index is 13.2. The molecule has 0 spiro atoms. The van der Waals surface area contributed by atoms with Crippen molar-refractivity contribution in [2.75, 3.05) is 20.2 Å². The van der Waals surface area contributed by atoms with Crippen LogP contribution in [0.25, 0.3) is 0 Å². The van der Waals surface area contributed by atoms with Gasteiger partial charge in [-0.3, -0.25) is 14.4 Å². The topological polar surface area (TPSA) is 87.7 Å². The van der Waals surface area contributed by atoms with Gasteiger partial charge in [0.1, 0.15) is 6.04 Å². The lowest BCUT2D eigenvalue weighted by atomic mass is 9.90. The summed E-state index contributed by atoms with van der Waals surface area (Å²) in [7, 11) is 1.26. The largest absolute Gasteiger partial charge is 0.469 e. The molecule has 2 N–H and O–H groups in total. The minimum atomic E-state index is -0.828. The molecule has 0 saturated carbocycles. The molecule has 2 aromatic carbocycles. The molecule has 1 aliphatic rings. The monoisotopic (exact) mass is 425 g/mol. The third-order valence-electron chi connectivity index (χ3n) is 4.94. The van der Waals surface area contributed by atoms with E-state index < -0.39 is 17.9 Å². The van der Waals surface area contributed by atoms with E-state index in [4.69, 9.17) is 12.2 Å². The minimum absolute atomic E-state index is 0.112. The van der Waals surface area contributed by atoms with E-state index in [0.29, 0.717) is 13.1 Å². The second kappa shape index (κ2) is 9.98. The first kappa shape index (κ1) is 21.4. The molecule has 2 aromatic rings. The molecule has 0 radical (unpaired) electrons. The Hall–Kier alpha value is -3.26. The minimum Gasteiger partial charge on any atom is -0.469 e. The molecule has 1 fully saturated rings. The molecule has 156 valence electrons. The number of methoxy groups -OCH3 is 1. The van der Waals surface area contributed by atoms with Crippen LogP contribution < -0.4 is 10.6 Å². The average Bonchev–Trinajstić information content (AvgIpc) is 2.76. The van der Waals surface area contributed by atoms with Crippen molar-refractivity contribution in [2.24, 2.45) is 0 Å². The van der Waals surface area contributed by atoms with Crippen molar-refractivity contribution in [1.82, 2.24) is 15.5 Å². The number of carbonyl (C=O) groups excluding carboxylic acids is 3. The van der Waals surface area contributed by atoms with Crippen LogP contribution in [0.15, 0.2) is 60.7 Å². The highest BCUT2D eigenvalue weighted by Gasteiger charge is 2.35. The molecule has 30 heavy (non-hydrogen) atoms. The summed E-state index contributed by atoms with van der Waals surface area (Å²) in [6.45, 7) is 0.751. The van der Waals surface area contributed by atoms with Gasteiger partial charge in [-0.2, -0.15) is 0 Å². The molecule has 0 bridgehead atoms. The molecule has 1 atom stereocenters. The molecular formula is C22H23N3O4S. The van der Waals surface area contributed by atoms with Gasteiger partial charge in [-0.1, -0.05) is 60.7 Å². The van der Waals surface area contributed by atoms with E-state index in [1.807, 2.05) is 60.7 Å². The van der Waals surface area contributed by atoms with Gasteiger partial charge < -0.3 is 20.3 Å². The molecule has 2 amide bonds.